The molecule has 2 saturated carbocycles. The lowest BCUT2D eigenvalue weighted by molar-refractivity contribution is -0.138. The van der Waals surface area contributed by atoms with Crippen molar-refractivity contribution in [1.82, 2.24) is 15.1 Å². The number of aromatic nitrogens is 2. The van der Waals surface area contributed by atoms with Crippen LogP contribution in [0.4, 0.5) is 0 Å². The van der Waals surface area contributed by atoms with E-state index in [1.165, 1.54) is 25.0 Å². The number of hydrogen-bond donors (Lipinski definition) is 2. The van der Waals surface area contributed by atoms with Crippen molar-refractivity contribution in [3.05, 3.63) is 18.0 Å². The zero-order valence-electron chi connectivity index (χ0n) is 13.2. The van der Waals surface area contributed by atoms with Crippen molar-refractivity contribution in [1.29, 1.82) is 0 Å². The highest BCUT2D eigenvalue weighted by atomic mass is 35.5. The molecular weight excluding hydrogens is 335 g/mol. The topological polar surface area (TPSA) is 75.0 Å². The fraction of sp³-hybridized carbons (Fsp3) is 0.750. The number of fused-ring (bicyclic) bond motifs is 2. The molecule has 1 saturated heterocycles. The average Bonchev–Trinajstić information content (AvgIpc) is 3.24. The SMILES string of the molecule is Cl.Cl.NC1C2CCC(C2)C1C(=O)N1CCC(c2ccn[nH]2)CC1. The maximum absolute atomic E-state index is 12.8. The van der Waals surface area contributed by atoms with Gasteiger partial charge < -0.3 is 10.6 Å². The number of halogens is 2. The summed E-state index contributed by atoms with van der Waals surface area (Å²) in [5.41, 5.74) is 7.52. The van der Waals surface area contributed by atoms with Crippen LogP contribution in [0.3, 0.4) is 0 Å². The number of carbonyl (C=O) groups excluding carboxylic acids is 1. The van der Waals surface area contributed by atoms with Crippen molar-refractivity contribution >= 4 is 30.7 Å². The Hall–Kier alpha value is -0.780. The average molecular weight is 361 g/mol. The molecule has 2 bridgehead atoms. The van der Waals surface area contributed by atoms with Gasteiger partial charge in [-0.15, -0.1) is 24.8 Å². The fourth-order valence-electron chi connectivity index (χ4n) is 4.82. The Morgan fingerprint density at radius 3 is 2.43 bits per heavy atom. The van der Waals surface area contributed by atoms with E-state index in [2.05, 4.69) is 15.1 Å². The molecule has 1 amide bonds. The summed E-state index contributed by atoms with van der Waals surface area (Å²) in [5, 5.41) is 7.09. The predicted octanol–water partition coefficient (Wildman–Crippen LogP) is 2.33. The normalized spacial score (nSPS) is 33.2. The zero-order chi connectivity index (χ0) is 14.4. The number of aromatic amines is 1. The maximum atomic E-state index is 12.8. The van der Waals surface area contributed by atoms with E-state index in [0.29, 0.717) is 23.7 Å². The molecule has 3 N–H and O–H groups in total. The Kier molecular flexibility index (Phi) is 5.98. The molecule has 1 aliphatic heterocycles. The van der Waals surface area contributed by atoms with Crippen LogP contribution in [-0.4, -0.2) is 40.1 Å². The molecule has 2 aliphatic carbocycles. The third-order valence-corrected chi connectivity index (χ3v) is 6.03. The number of nitrogens with zero attached hydrogens (tertiary/aromatic N) is 2. The van der Waals surface area contributed by atoms with Crippen molar-refractivity contribution < 1.29 is 4.79 Å². The van der Waals surface area contributed by atoms with Gasteiger partial charge >= 0.3 is 0 Å². The minimum Gasteiger partial charge on any atom is -0.342 e. The monoisotopic (exact) mass is 360 g/mol. The van der Waals surface area contributed by atoms with E-state index in [1.807, 2.05) is 6.07 Å². The summed E-state index contributed by atoms with van der Waals surface area (Å²) in [4.78, 5) is 14.9. The number of amides is 1. The maximum Gasteiger partial charge on any atom is 0.227 e. The van der Waals surface area contributed by atoms with E-state index in [0.717, 1.165) is 25.9 Å². The van der Waals surface area contributed by atoms with Gasteiger partial charge in [0, 0.05) is 36.9 Å². The number of H-pyrrole nitrogens is 1. The summed E-state index contributed by atoms with van der Waals surface area (Å²) in [7, 11) is 0. The van der Waals surface area contributed by atoms with Crippen LogP contribution in [0.1, 0.15) is 43.7 Å². The van der Waals surface area contributed by atoms with E-state index < -0.39 is 0 Å². The molecule has 5 nitrogen and oxygen atoms in total. The molecule has 4 rings (SSSR count). The highest BCUT2D eigenvalue weighted by molar-refractivity contribution is 5.85. The Morgan fingerprint density at radius 2 is 1.87 bits per heavy atom. The van der Waals surface area contributed by atoms with Gasteiger partial charge in [0.05, 0.1) is 5.92 Å². The number of nitrogens with one attached hydrogen (secondary N) is 1. The lowest BCUT2D eigenvalue weighted by atomic mass is 9.83. The Labute approximate surface area is 149 Å². The Bertz CT molecular complexity index is 514. The second-order valence-electron chi connectivity index (χ2n) is 7.05. The van der Waals surface area contributed by atoms with Crippen LogP contribution in [0.25, 0.3) is 0 Å². The van der Waals surface area contributed by atoms with E-state index in [9.17, 15) is 4.79 Å². The number of carbonyl (C=O) groups is 1. The quantitative estimate of drug-likeness (QED) is 0.849. The van der Waals surface area contributed by atoms with Gasteiger partial charge in [0.2, 0.25) is 5.91 Å². The predicted molar refractivity (Wildman–Crippen MR) is 93.9 cm³/mol. The summed E-state index contributed by atoms with van der Waals surface area (Å²) in [6.45, 7) is 1.73. The van der Waals surface area contributed by atoms with Crippen molar-refractivity contribution in [3.8, 4) is 0 Å². The van der Waals surface area contributed by atoms with Gasteiger partial charge in [-0.3, -0.25) is 9.89 Å². The van der Waals surface area contributed by atoms with E-state index in [1.54, 1.807) is 6.20 Å². The standard InChI is InChI=1S/C16H24N4O.2ClH/c17-15-12-2-1-11(9-12)14(15)16(21)20-7-4-10(5-8-20)13-3-6-18-19-13;;/h3,6,10-12,14-15H,1-2,4-5,7-9,17H2,(H,18,19);2*1H. The molecule has 4 unspecified atom stereocenters. The third-order valence-electron chi connectivity index (χ3n) is 6.03. The number of piperidine rings is 1. The largest absolute Gasteiger partial charge is 0.342 e. The van der Waals surface area contributed by atoms with Gasteiger partial charge in [-0.2, -0.15) is 5.10 Å². The first kappa shape index (κ1) is 18.6. The zero-order valence-corrected chi connectivity index (χ0v) is 14.8. The molecule has 1 aromatic heterocycles. The van der Waals surface area contributed by atoms with Crippen LogP contribution < -0.4 is 5.73 Å². The first-order chi connectivity index (χ1) is 10.2. The van der Waals surface area contributed by atoms with Crippen LogP contribution in [0, 0.1) is 17.8 Å². The molecule has 1 aromatic rings. The lowest BCUT2D eigenvalue weighted by Gasteiger charge is -2.36. The first-order valence-corrected chi connectivity index (χ1v) is 8.27. The van der Waals surface area contributed by atoms with Gasteiger partial charge in [-0.1, -0.05) is 0 Å². The van der Waals surface area contributed by atoms with Crippen molar-refractivity contribution in [2.45, 2.75) is 44.1 Å². The smallest absolute Gasteiger partial charge is 0.227 e. The molecular formula is C16H26Cl2N4O. The first-order valence-electron chi connectivity index (χ1n) is 8.27. The van der Waals surface area contributed by atoms with Gasteiger partial charge in [-0.25, -0.2) is 0 Å². The van der Waals surface area contributed by atoms with Gasteiger partial charge in [0.15, 0.2) is 0 Å². The van der Waals surface area contributed by atoms with Gasteiger partial charge in [-0.05, 0) is 50.0 Å². The fourth-order valence-corrected chi connectivity index (χ4v) is 4.82. The van der Waals surface area contributed by atoms with E-state index in [4.69, 9.17) is 5.73 Å². The molecule has 0 aromatic carbocycles. The highest BCUT2D eigenvalue weighted by Gasteiger charge is 2.50. The Morgan fingerprint density at radius 1 is 1.17 bits per heavy atom. The molecule has 4 atom stereocenters. The molecule has 23 heavy (non-hydrogen) atoms. The van der Waals surface area contributed by atoms with Gasteiger partial charge in [0.25, 0.3) is 0 Å². The van der Waals surface area contributed by atoms with Crippen LogP contribution in [0.15, 0.2) is 12.3 Å². The summed E-state index contributed by atoms with van der Waals surface area (Å²) >= 11 is 0. The second-order valence-corrected chi connectivity index (χ2v) is 7.05. The summed E-state index contributed by atoms with van der Waals surface area (Å²) < 4.78 is 0. The molecule has 0 spiro atoms. The van der Waals surface area contributed by atoms with Crippen molar-refractivity contribution in [3.63, 3.8) is 0 Å². The molecule has 3 fully saturated rings. The van der Waals surface area contributed by atoms with Crippen molar-refractivity contribution in [2.75, 3.05) is 13.1 Å². The molecule has 2 heterocycles. The molecule has 3 aliphatic rings. The summed E-state index contributed by atoms with van der Waals surface area (Å²) in [6.07, 6.45) is 7.49. The molecule has 0 radical (unpaired) electrons. The lowest BCUT2D eigenvalue weighted by Crippen LogP contribution is -2.49. The van der Waals surface area contributed by atoms with Crippen LogP contribution in [0.2, 0.25) is 0 Å². The number of nitrogens with two attached hydrogens (primary N) is 1. The Balaban J connectivity index is 0.000000960. The van der Waals surface area contributed by atoms with Crippen LogP contribution in [-0.2, 0) is 4.79 Å². The molecule has 130 valence electrons. The number of hydrogen-bond acceptors (Lipinski definition) is 3. The number of likely N-dealkylation sites (tertiary alicyclic amines) is 1. The number of rotatable bonds is 2. The minimum absolute atomic E-state index is 0. The highest BCUT2D eigenvalue weighted by Crippen LogP contribution is 2.48. The molecule has 7 heteroatoms. The van der Waals surface area contributed by atoms with E-state index >= 15 is 0 Å². The minimum atomic E-state index is 0. The van der Waals surface area contributed by atoms with Gasteiger partial charge in [0.1, 0.15) is 0 Å². The summed E-state index contributed by atoms with van der Waals surface area (Å²) in [6, 6.07) is 2.16. The van der Waals surface area contributed by atoms with Crippen molar-refractivity contribution in [2.24, 2.45) is 23.5 Å². The third kappa shape index (κ3) is 3.24. The van der Waals surface area contributed by atoms with Crippen LogP contribution >= 0.6 is 24.8 Å². The van der Waals surface area contributed by atoms with Crippen LogP contribution in [0.5, 0.6) is 0 Å². The van der Waals surface area contributed by atoms with E-state index in [-0.39, 0.29) is 36.8 Å². The second kappa shape index (κ2) is 7.41. The summed E-state index contributed by atoms with van der Waals surface area (Å²) in [5.74, 6) is 2.12.